The average Bonchev–Trinajstić information content (AvgIpc) is 2.41. The number of rotatable bonds is 4. The zero-order chi connectivity index (χ0) is 15.4. The monoisotopic (exact) mass is 304 g/mol. The van der Waals surface area contributed by atoms with Gasteiger partial charge in [-0.15, -0.1) is 0 Å². The summed E-state index contributed by atoms with van der Waals surface area (Å²) in [6, 6.07) is 10.4. The summed E-state index contributed by atoms with van der Waals surface area (Å²) in [4.78, 5) is 12.2. The summed E-state index contributed by atoms with van der Waals surface area (Å²) in [5.41, 5.74) is 8.36. The molecule has 1 amide bonds. The summed E-state index contributed by atoms with van der Waals surface area (Å²) < 4.78 is 5.35. The van der Waals surface area contributed by atoms with Crippen molar-refractivity contribution in [2.75, 3.05) is 17.7 Å². The topological polar surface area (TPSA) is 64.3 Å². The number of nitrogen functional groups attached to an aromatic ring is 1. The Kier molecular flexibility index (Phi) is 4.70. The van der Waals surface area contributed by atoms with Crippen LogP contribution in [-0.2, 0) is 0 Å². The Morgan fingerprint density at radius 1 is 1.29 bits per heavy atom. The second-order valence-corrected chi connectivity index (χ2v) is 5.07. The van der Waals surface area contributed by atoms with Gasteiger partial charge in [-0.2, -0.15) is 0 Å². The fraction of sp³-hybridized carbons (Fsp3) is 0.188. The number of benzene rings is 2. The van der Waals surface area contributed by atoms with E-state index in [-0.39, 0.29) is 5.91 Å². The number of hydrogen-bond donors (Lipinski definition) is 2. The molecular weight excluding hydrogens is 288 g/mol. The molecule has 0 saturated heterocycles. The quantitative estimate of drug-likeness (QED) is 0.842. The van der Waals surface area contributed by atoms with Gasteiger partial charge in [0.2, 0.25) is 0 Å². The van der Waals surface area contributed by atoms with Crippen molar-refractivity contribution < 1.29 is 9.53 Å². The van der Waals surface area contributed by atoms with Gasteiger partial charge in [0.15, 0.2) is 0 Å². The van der Waals surface area contributed by atoms with Gasteiger partial charge >= 0.3 is 0 Å². The van der Waals surface area contributed by atoms with Gasteiger partial charge in [-0.25, -0.2) is 0 Å². The van der Waals surface area contributed by atoms with E-state index in [1.165, 1.54) is 0 Å². The van der Waals surface area contributed by atoms with Crippen LogP contribution >= 0.6 is 11.6 Å². The van der Waals surface area contributed by atoms with Crippen LogP contribution in [0.2, 0.25) is 5.02 Å². The van der Waals surface area contributed by atoms with E-state index in [4.69, 9.17) is 22.1 Å². The zero-order valence-electron chi connectivity index (χ0n) is 11.9. The highest BCUT2D eigenvalue weighted by Crippen LogP contribution is 2.28. The second kappa shape index (κ2) is 6.50. The highest BCUT2D eigenvalue weighted by atomic mass is 35.5. The number of ether oxygens (including phenoxy) is 1. The second-order valence-electron chi connectivity index (χ2n) is 4.66. The van der Waals surface area contributed by atoms with Crippen LogP contribution in [0.1, 0.15) is 22.8 Å². The first-order valence-electron chi connectivity index (χ1n) is 6.60. The molecule has 21 heavy (non-hydrogen) atoms. The van der Waals surface area contributed by atoms with Gasteiger partial charge in [0, 0.05) is 16.9 Å². The molecule has 0 atom stereocenters. The van der Waals surface area contributed by atoms with Crippen LogP contribution < -0.4 is 15.8 Å². The number of nitrogens with one attached hydrogen (secondary N) is 1. The van der Waals surface area contributed by atoms with Crippen LogP contribution in [0.4, 0.5) is 11.4 Å². The van der Waals surface area contributed by atoms with Crippen LogP contribution in [0.3, 0.4) is 0 Å². The summed E-state index contributed by atoms with van der Waals surface area (Å²) in [6.45, 7) is 4.31. The number of carbonyl (C=O) groups is 1. The predicted molar refractivity (Wildman–Crippen MR) is 86.2 cm³/mol. The minimum atomic E-state index is -0.231. The Bertz CT molecular complexity index is 651. The van der Waals surface area contributed by atoms with E-state index < -0.39 is 0 Å². The van der Waals surface area contributed by atoms with Crippen molar-refractivity contribution in [3.63, 3.8) is 0 Å². The summed E-state index contributed by atoms with van der Waals surface area (Å²) in [6.07, 6.45) is 0. The Balaban J connectivity index is 2.17. The third-order valence-corrected chi connectivity index (χ3v) is 3.15. The summed E-state index contributed by atoms with van der Waals surface area (Å²) in [5, 5.41) is 3.25. The standard InChI is InChI=1S/C16H17ClN2O2/c1-3-21-15-5-4-13(9-14(15)17)19-16(20)11-6-10(2)7-12(18)8-11/h4-9H,3,18H2,1-2H3,(H,19,20). The number of amides is 1. The van der Waals surface area contributed by atoms with E-state index in [0.29, 0.717) is 34.3 Å². The van der Waals surface area contributed by atoms with Gasteiger partial charge in [0.05, 0.1) is 11.6 Å². The van der Waals surface area contributed by atoms with Gasteiger partial charge in [-0.3, -0.25) is 4.79 Å². The molecule has 2 aromatic carbocycles. The average molecular weight is 305 g/mol. The van der Waals surface area contributed by atoms with Crippen molar-refractivity contribution in [2.45, 2.75) is 13.8 Å². The number of aryl methyl sites for hydroxylation is 1. The van der Waals surface area contributed by atoms with Crippen molar-refractivity contribution in [1.82, 2.24) is 0 Å². The number of nitrogens with two attached hydrogens (primary N) is 1. The van der Waals surface area contributed by atoms with Crippen LogP contribution in [0.5, 0.6) is 5.75 Å². The van der Waals surface area contributed by atoms with Gasteiger partial charge in [-0.05, 0) is 55.8 Å². The van der Waals surface area contributed by atoms with Gasteiger partial charge < -0.3 is 15.8 Å². The molecule has 0 unspecified atom stereocenters. The van der Waals surface area contributed by atoms with Crippen LogP contribution in [0, 0.1) is 6.92 Å². The fourth-order valence-corrected chi connectivity index (χ4v) is 2.23. The maximum absolute atomic E-state index is 12.2. The molecule has 0 saturated carbocycles. The number of carbonyl (C=O) groups excluding carboxylic acids is 1. The normalized spacial score (nSPS) is 10.2. The van der Waals surface area contributed by atoms with Gasteiger partial charge in [0.1, 0.15) is 5.75 Å². The lowest BCUT2D eigenvalue weighted by Gasteiger charge is -2.10. The molecule has 0 fully saturated rings. The smallest absolute Gasteiger partial charge is 0.255 e. The molecule has 5 heteroatoms. The van der Waals surface area contributed by atoms with E-state index in [1.807, 2.05) is 19.9 Å². The Hall–Kier alpha value is -2.20. The molecule has 4 nitrogen and oxygen atoms in total. The third-order valence-electron chi connectivity index (χ3n) is 2.85. The molecule has 3 N–H and O–H groups in total. The molecule has 0 aliphatic carbocycles. The van der Waals surface area contributed by atoms with Crippen molar-refractivity contribution in [1.29, 1.82) is 0 Å². The fourth-order valence-electron chi connectivity index (χ4n) is 2.00. The maximum atomic E-state index is 12.2. The maximum Gasteiger partial charge on any atom is 0.255 e. The first-order valence-corrected chi connectivity index (χ1v) is 6.98. The highest BCUT2D eigenvalue weighted by Gasteiger charge is 2.09. The Morgan fingerprint density at radius 2 is 2.05 bits per heavy atom. The van der Waals surface area contributed by atoms with E-state index in [9.17, 15) is 4.79 Å². The molecule has 0 heterocycles. The molecule has 0 bridgehead atoms. The molecule has 0 aliphatic heterocycles. The van der Waals surface area contributed by atoms with Crippen LogP contribution in [-0.4, -0.2) is 12.5 Å². The van der Waals surface area contributed by atoms with Crippen molar-refractivity contribution in [3.8, 4) is 5.75 Å². The Morgan fingerprint density at radius 3 is 2.67 bits per heavy atom. The van der Waals surface area contributed by atoms with E-state index >= 15 is 0 Å². The molecular formula is C16H17ClN2O2. The molecule has 2 rings (SSSR count). The van der Waals surface area contributed by atoms with E-state index in [1.54, 1.807) is 30.3 Å². The van der Waals surface area contributed by atoms with Crippen molar-refractivity contribution in [2.24, 2.45) is 0 Å². The van der Waals surface area contributed by atoms with Gasteiger partial charge in [0.25, 0.3) is 5.91 Å². The predicted octanol–water partition coefficient (Wildman–Crippen LogP) is 3.88. The molecule has 0 spiro atoms. The van der Waals surface area contributed by atoms with Crippen molar-refractivity contribution >= 4 is 28.9 Å². The number of anilines is 2. The Labute approximate surface area is 128 Å². The zero-order valence-corrected chi connectivity index (χ0v) is 12.7. The molecule has 0 radical (unpaired) electrons. The summed E-state index contributed by atoms with van der Waals surface area (Å²) >= 11 is 6.09. The largest absolute Gasteiger partial charge is 0.492 e. The summed E-state index contributed by atoms with van der Waals surface area (Å²) in [5.74, 6) is 0.364. The third kappa shape index (κ3) is 3.89. The first-order chi connectivity index (χ1) is 9.99. The van der Waals surface area contributed by atoms with Crippen LogP contribution in [0.25, 0.3) is 0 Å². The van der Waals surface area contributed by atoms with E-state index in [2.05, 4.69) is 5.32 Å². The number of halogens is 1. The van der Waals surface area contributed by atoms with Crippen molar-refractivity contribution in [3.05, 3.63) is 52.5 Å². The lowest BCUT2D eigenvalue weighted by atomic mass is 10.1. The van der Waals surface area contributed by atoms with E-state index in [0.717, 1.165) is 5.56 Å². The van der Waals surface area contributed by atoms with Gasteiger partial charge in [-0.1, -0.05) is 11.6 Å². The lowest BCUT2D eigenvalue weighted by Crippen LogP contribution is -2.12. The lowest BCUT2D eigenvalue weighted by molar-refractivity contribution is 0.102. The molecule has 0 aromatic heterocycles. The minimum Gasteiger partial charge on any atom is -0.492 e. The summed E-state index contributed by atoms with van der Waals surface area (Å²) in [7, 11) is 0. The number of hydrogen-bond acceptors (Lipinski definition) is 3. The molecule has 110 valence electrons. The SMILES string of the molecule is CCOc1ccc(NC(=O)c2cc(C)cc(N)c2)cc1Cl. The van der Waals surface area contributed by atoms with Crippen LogP contribution in [0.15, 0.2) is 36.4 Å². The first kappa shape index (κ1) is 15.2. The minimum absolute atomic E-state index is 0.231. The molecule has 0 aliphatic rings. The molecule has 2 aromatic rings. The highest BCUT2D eigenvalue weighted by molar-refractivity contribution is 6.32.